The number of halogens is 2. The van der Waals surface area contributed by atoms with Crippen molar-refractivity contribution in [2.24, 2.45) is 0 Å². The normalized spacial score (nSPS) is 10.3. The Labute approximate surface area is 168 Å². The largest absolute Gasteiger partial charge is 0.451 e. The summed E-state index contributed by atoms with van der Waals surface area (Å²) in [5.41, 5.74) is 4.57. The van der Waals surface area contributed by atoms with Gasteiger partial charge in [-0.15, -0.1) is 11.3 Å². The molecule has 1 aromatic heterocycles. The van der Waals surface area contributed by atoms with Crippen LogP contribution < -0.4 is 10.9 Å². The molecular formula is C20H14F2N2O4S. The number of benzene rings is 2. The minimum atomic E-state index is -0.843. The number of hydrazine groups is 1. The van der Waals surface area contributed by atoms with Crippen molar-refractivity contribution in [3.63, 3.8) is 0 Å². The standard InChI is InChI=1S/C20H14F2N2O4S/c21-13-7-5-12(6-8-13)16-9-10-17(29-16)20(27)28-11-18(25)23-24-19(26)14-3-1-2-4-15(14)22/h1-10H,11H2,(H,23,25)(H,24,26). The van der Waals surface area contributed by atoms with E-state index in [-0.39, 0.29) is 16.3 Å². The van der Waals surface area contributed by atoms with Gasteiger partial charge in [0.05, 0.1) is 5.56 Å². The van der Waals surface area contributed by atoms with Crippen LogP contribution in [0.15, 0.2) is 60.7 Å². The van der Waals surface area contributed by atoms with Crippen LogP contribution in [0.1, 0.15) is 20.0 Å². The third-order valence-corrected chi connectivity index (χ3v) is 4.82. The van der Waals surface area contributed by atoms with Crippen molar-refractivity contribution in [3.05, 3.63) is 82.7 Å². The zero-order chi connectivity index (χ0) is 20.8. The van der Waals surface area contributed by atoms with Crippen LogP contribution in [-0.4, -0.2) is 24.4 Å². The Bertz CT molecular complexity index is 1050. The maximum absolute atomic E-state index is 13.5. The predicted octanol–water partition coefficient (Wildman–Crippen LogP) is 3.31. The monoisotopic (exact) mass is 416 g/mol. The van der Waals surface area contributed by atoms with E-state index in [4.69, 9.17) is 4.74 Å². The van der Waals surface area contributed by atoms with Gasteiger partial charge in [-0.05, 0) is 42.0 Å². The van der Waals surface area contributed by atoms with Crippen LogP contribution in [0.5, 0.6) is 0 Å². The fourth-order valence-corrected chi connectivity index (χ4v) is 3.20. The molecule has 6 nitrogen and oxygen atoms in total. The first-order chi connectivity index (χ1) is 13.9. The van der Waals surface area contributed by atoms with E-state index in [1.54, 1.807) is 18.2 Å². The van der Waals surface area contributed by atoms with Crippen LogP contribution in [0, 0.1) is 11.6 Å². The molecule has 1 heterocycles. The first kappa shape index (κ1) is 20.2. The number of ether oxygens (including phenoxy) is 1. The molecule has 2 aromatic carbocycles. The molecule has 0 unspecified atom stereocenters. The summed E-state index contributed by atoms with van der Waals surface area (Å²) in [4.78, 5) is 36.6. The van der Waals surface area contributed by atoms with E-state index in [0.717, 1.165) is 27.8 Å². The zero-order valence-corrected chi connectivity index (χ0v) is 15.6. The van der Waals surface area contributed by atoms with Gasteiger partial charge >= 0.3 is 5.97 Å². The van der Waals surface area contributed by atoms with Crippen LogP contribution >= 0.6 is 11.3 Å². The second-order valence-electron chi connectivity index (χ2n) is 5.73. The van der Waals surface area contributed by atoms with Crippen molar-refractivity contribution in [1.82, 2.24) is 10.9 Å². The van der Waals surface area contributed by atoms with E-state index < -0.39 is 30.2 Å². The van der Waals surface area contributed by atoms with Gasteiger partial charge in [-0.25, -0.2) is 13.6 Å². The molecule has 3 aromatic rings. The van der Waals surface area contributed by atoms with Gasteiger partial charge in [0.15, 0.2) is 6.61 Å². The van der Waals surface area contributed by atoms with Gasteiger partial charge < -0.3 is 4.74 Å². The van der Waals surface area contributed by atoms with Crippen LogP contribution in [0.2, 0.25) is 0 Å². The molecule has 0 saturated carbocycles. The maximum Gasteiger partial charge on any atom is 0.348 e. The molecule has 0 aliphatic rings. The van der Waals surface area contributed by atoms with E-state index in [2.05, 4.69) is 0 Å². The maximum atomic E-state index is 13.5. The van der Waals surface area contributed by atoms with Gasteiger partial charge in [-0.3, -0.25) is 20.4 Å². The van der Waals surface area contributed by atoms with E-state index in [9.17, 15) is 23.2 Å². The number of carbonyl (C=O) groups is 3. The molecule has 2 N–H and O–H groups in total. The molecular weight excluding hydrogens is 402 g/mol. The smallest absolute Gasteiger partial charge is 0.348 e. The van der Waals surface area contributed by atoms with Gasteiger partial charge in [0.2, 0.25) is 0 Å². The molecule has 9 heteroatoms. The van der Waals surface area contributed by atoms with Crippen molar-refractivity contribution in [2.45, 2.75) is 0 Å². The molecule has 3 rings (SSSR count). The van der Waals surface area contributed by atoms with Gasteiger partial charge in [-0.2, -0.15) is 0 Å². The number of rotatable bonds is 5. The average molecular weight is 416 g/mol. The molecule has 0 aliphatic heterocycles. The lowest BCUT2D eigenvalue weighted by atomic mass is 10.2. The number of hydrogen-bond acceptors (Lipinski definition) is 5. The lowest BCUT2D eigenvalue weighted by Crippen LogP contribution is -2.43. The highest BCUT2D eigenvalue weighted by Crippen LogP contribution is 2.28. The number of thiophene rings is 1. The van der Waals surface area contributed by atoms with Crippen molar-refractivity contribution in [1.29, 1.82) is 0 Å². The number of amides is 2. The Morgan fingerprint density at radius 1 is 0.897 bits per heavy atom. The molecule has 148 valence electrons. The van der Waals surface area contributed by atoms with Crippen molar-refractivity contribution >= 4 is 29.1 Å². The van der Waals surface area contributed by atoms with E-state index >= 15 is 0 Å². The minimum Gasteiger partial charge on any atom is -0.451 e. The summed E-state index contributed by atoms with van der Waals surface area (Å²) in [5.74, 6) is -3.46. The summed E-state index contributed by atoms with van der Waals surface area (Å²) in [5, 5.41) is 0. The van der Waals surface area contributed by atoms with Gasteiger partial charge in [0.25, 0.3) is 11.8 Å². The molecule has 0 bridgehead atoms. The summed E-state index contributed by atoms with van der Waals surface area (Å²) in [6.45, 7) is -0.639. The molecule has 0 saturated heterocycles. The summed E-state index contributed by atoms with van der Waals surface area (Å²) >= 11 is 1.13. The topological polar surface area (TPSA) is 84.5 Å². The third-order valence-electron chi connectivity index (χ3n) is 3.70. The van der Waals surface area contributed by atoms with Crippen LogP contribution in [0.3, 0.4) is 0 Å². The van der Waals surface area contributed by atoms with Crippen LogP contribution in [0.25, 0.3) is 10.4 Å². The lowest BCUT2D eigenvalue weighted by molar-refractivity contribution is -0.125. The second kappa shape index (κ2) is 9.07. The fourth-order valence-electron chi connectivity index (χ4n) is 2.29. The highest BCUT2D eigenvalue weighted by molar-refractivity contribution is 7.17. The minimum absolute atomic E-state index is 0.239. The fraction of sp³-hybridized carbons (Fsp3) is 0.0500. The molecule has 2 amide bonds. The highest BCUT2D eigenvalue weighted by Gasteiger charge is 2.15. The average Bonchev–Trinajstić information content (AvgIpc) is 3.21. The van der Waals surface area contributed by atoms with Crippen molar-refractivity contribution in [3.8, 4) is 10.4 Å². The van der Waals surface area contributed by atoms with Crippen molar-refractivity contribution in [2.75, 3.05) is 6.61 Å². The number of nitrogens with one attached hydrogen (secondary N) is 2. The second-order valence-corrected chi connectivity index (χ2v) is 6.81. The predicted molar refractivity (Wildman–Crippen MR) is 102 cm³/mol. The van der Waals surface area contributed by atoms with E-state index in [1.165, 1.54) is 36.4 Å². The summed E-state index contributed by atoms with van der Waals surface area (Å²) in [6, 6.07) is 14.3. The Kier molecular flexibility index (Phi) is 6.30. The molecule has 0 spiro atoms. The summed E-state index contributed by atoms with van der Waals surface area (Å²) in [7, 11) is 0. The molecule has 29 heavy (non-hydrogen) atoms. The Morgan fingerprint density at radius 3 is 2.34 bits per heavy atom. The molecule has 0 atom stereocenters. The first-order valence-electron chi connectivity index (χ1n) is 8.30. The van der Waals surface area contributed by atoms with Gasteiger partial charge in [0, 0.05) is 4.88 Å². The van der Waals surface area contributed by atoms with Crippen molar-refractivity contribution < 1.29 is 27.9 Å². The highest BCUT2D eigenvalue weighted by atomic mass is 32.1. The lowest BCUT2D eigenvalue weighted by Gasteiger charge is -2.08. The summed E-state index contributed by atoms with van der Waals surface area (Å²) in [6.07, 6.45) is 0. The number of esters is 1. The van der Waals surface area contributed by atoms with Gasteiger partial charge in [-0.1, -0.05) is 24.3 Å². The number of carbonyl (C=O) groups excluding carboxylic acids is 3. The van der Waals surface area contributed by atoms with Crippen LogP contribution in [0.4, 0.5) is 8.78 Å². The van der Waals surface area contributed by atoms with Crippen LogP contribution in [-0.2, 0) is 9.53 Å². The molecule has 0 aliphatic carbocycles. The Morgan fingerprint density at radius 2 is 1.62 bits per heavy atom. The Hall–Kier alpha value is -3.59. The first-order valence-corrected chi connectivity index (χ1v) is 9.12. The number of hydrogen-bond donors (Lipinski definition) is 2. The third kappa shape index (κ3) is 5.23. The zero-order valence-electron chi connectivity index (χ0n) is 14.8. The molecule has 0 fully saturated rings. The van der Waals surface area contributed by atoms with Gasteiger partial charge in [0.1, 0.15) is 16.5 Å². The Balaban J connectivity index is 1.49. The quantitative estimate of drug-likeness (QED) is 0.494. The van der Waals surface area contributed by atoms with E-state index in [0.29, 0.717) is 0 Å². The SMILES string of the molecule is O=C(COC(=O)c1ccc(-c2ccc(F)cc2)s1)NNC(=O)c1ccccc1F. The molecule has 0 radical (unpaired) electrons. The van der Waals surface area contributed by atoms with E-state index in [1.807, 2.05) is 10.9 Å². The summed E-state index contributed by atoms with van der Waals surface area (Å²) < 4.78 is 31.4.